The largest absolute Gasteiger partial charge is 0.490 e. The summed E-state index contributed by atoms with van der Waals surface area (Å²) in [7, 11) is 0. The molecule has 26 heavy (non-hydrogen) atoms. The van der Waals surface area contributed by atoms with Gasteiger partial charge in [0.25, 0.3) is 5.91 Å². The van der Waals surface area contributed by atoms with Crippen LogP contribution in [0.25, 0.3) is 0 Å². The molecule has 1 amide bonds. The Bertz CT molecular complexity index is 656. The number of carbonyl (C=O) groups is 1. The van der Waals surface area contributed by atoms with Gasteiger partial charge >= 0.3 is 0 Å². The smallest absolute Gasteiger partial charge is 0.251 e. The van der Waals surface area contributed by atoms with Crippen molar-refractivity contribution in [2.24, 2.45) is 0 Å². The molecule has 1 aromatic carbocycles. The lowest BCUT2D eigenvalue weighted by molar-refractivity contribution is 0.0951. The first kappa shape index (κ1) is 19.7. The van der Waals surface area contributed by atoms with Crippen molar-refractivity contribution in [3.05, 3.63) is 42.2 Å². The Morgan fingerprint density at radius 1 is 0.962 bits per heavy atom. The molecular formula is C20H28N2O4. The number of aryl methyl sites for hydroxylation is 1. The summed E-state index contributed by atoms with van der Waals surface area (Å²) in [5, 5.41) is 2.95. The molecule has 1 aromatic heterocycles. The molecule has 0 spiro atoms. The zero-order valence-electron chi connectivity index (χ0n) is 15.8. The summed E-state index contributed by atoms with van der Waals surface area (Å²) in [5.41, 5.74) is 0.501. The molecule has 0 radical (unpaired) electrons. The van der Waals surface area contributed by atoms with Crippen LogP contribution in [0.3, 0.4) is 0 Å². The van der Waals surface area contributed by atoms with E-state index in [1.807, 2.05) is 45.3 Å². The van der Waals surface area contributed by atoms with Crippen molar-refractivity contribution in [2.75, 3.05) is 26.4 Å². The van der Waals surface area contributed by atoms with Gasteiger partial charge in [0, 0.05) is 31.0 Å². The quantitative estimate of drug-likeness (QED) is 0.623. The molecule has 0 aliphatic rings. The van der Waals surface area contributed by atoms with Crippen LogP contribution in [-0.2, 0) is 6.54 Å². The summed E-state index contributed by atoms with van der Waals surface area (Å²) >= 11 is 0. The molecule has 0 aliphatic carbocycles. The SMILES string of the molecule is CCOc1cc(C(=O)NCCCn2cccc2)cc(OCC)c1OCC. The van der Waals surface area contributed by atoms with E-state index < -0.39 is 0 Å². The third-order valence-corrected chi connectivity index (χ3v) is 3.72. The molecule has 0 atom stereocenters. The second-order valence-electron chi connectivity index (χ2n) is 5.63. The van der Waals surface area contributed by atoms with Gasteiger partial charge in [-0.05, 0) is 51.5 Å². The number of rotatable bonds is 11. The maximum absolute atomic E-state index is 12.5. The molecule has 1 N–H and O–H groups in total. The molecule has 1 heterocycles. The number of aromatic nitrogens is 1. The topological polar surface area (TPSA) is 61.7 Å². The van der Waals surface area contributed by atoms with Gasteiger partial charge in [0.1, 0.15) is 0 Å². The van der Waals surface area contributed by atoms with E-state index in [4.69, 9.17) is 14.2 Å². The number of carbonyl (C=O) groups excluding carboxylic acids is 1. The van der Waals surface area contributed by atoms with Gasteiger partial charge < -0.3 is 24.1 Å². The van der Waals surface area contributed by atoms with Crippen LogP contribution in [-0.4, -0.2) is 36.8 Å². The van der Waals surface area contributed by atoms with E-state index in [-0.39, 0.29) is 5.91 Å². The molecule has 0 saturated heterocycles. The lowest BCUT2D eigenvalue weighted by Gasteiger charge is -2.17. The van der Waals surface area contributed by atoms with Crippen LogP contribution >= 0.6 is 0 Å². The highest BCUT2D eigenvalue weighted by molar-refractivity contribution is 5.95. The van der Waals surface area contributed by atoms with Gasteiger partial charge in [0.05, 0.1) is 19.8 Å². The normalized spacial score (nSPS) is 10.4. The van der Waals surface area contributed by atoms with Crippen molar-refractivity contribution in [3.8, 4) is 17.2 Å². The lowest BCUT2D eigenvalue weighted by atomic mass is 10.1. The first-order valence-corrected chi connectivity index (χ1v) is 9.14. The van der Waals surface area contributed by atoms with Gasteiger partial charge in [0.15, 0.2) is 11.5 Å². The zero-order valence-corrected chi connectivity index (χ0v) is 15.8. The first-order chi connectivity index (χ1) is 12.7. The number of hydrogen-bond donors (Lipinski definition) is 1. The number of amides is 1. The van der Waals surface area contributed by atoms with Crippen LogP contribution in [0.15, 0.2) is 36.7 Å². The third-order valence-electron chi connectivity index (χ3n) is 3.72. The maximum atomic E-state index is 12.5. The number of nitrogens with zero attached hydrogens (tertiary/aromatic N) is 1. The van der Waals surface area contributed by atoms with E-state index in [0.717, 1.165) is 13.0 Å². The number of ether oxygens (including phenoxy) is 3. The molecule has 0 aliphatic heterocycles. The van der Waals surface area contributed by atoms with Gasteiger partial charge in [0.2, 0.25) is 5.75 Å². The summed E-state index contributed by atoms with van der Waals surface area (Å²) in [5.74, 6) is 1.44. The minimum atomic E-state index is -0.150. The van der Waals surface area contributed by atoms with Gasteiger partial charge in [-0.1, -0.05) is 0 Å². The summed E-state index contributed by atoms with van der Waals surface area (Å²) in [6.07, 6.45) is 4.88. The maximum Gasteiger partial charge on any atom is 0.251 e. The Morgan fingerprint density at radius 2 is 1.54 bits per heavy atom. The Balaban J connectivity index is 2.06. The molecule has 6 heteroatoms. The second kappa shape index (κ2) is 10.4. The summed E-state index contributed by atoms with van der Waals surface area (Å²) < 4.78 is 19.1. The van der Waals surface area contributed by atoms with Crippen LogP contribution < -0.4 is 19.5 Å². The lowest BCUT2D eigenvalue weighted by Crippen LogP contribution is -2.25. The van der Waals surface area contributed by atoms with Crippen molar-refractivity contribution in [1.29, 1.82) is 0 Å². The van der Waals surface area contributed by atoms with Crippen LogP contribution in [0.1, 0.15) is 37.6 Å². The van der Waals surface area contributed by atoms with E-state index in [9.17, 15) is 4.79 Å². The predicted molar refractivity (Wildman–Crippen MR) is 101 cm³/mol. The van der Waals surface area contributed by atoms with Crippen LogP contribution in [0.5, 0.6) is 17.2 Å². The van der Waals surface area contributed by atoms with E-state index in [1.54, 1.807) is 12.1 Å². The number of benzene rings is 1. The molecule has 0 fully saturated rings. The van der Waals surface area contributed by atoms with Crippen LogP contribution in [0, 0.1) is 0 Å². The van der Waals surface area contributed by atoms with Crippen molar-refractivity contribution < 1.29 is 19.0 Å². The highest BCUT2D eigenvalue weighted by Gasteiger charge is 2.18. The van der Waals surface area contributed by atoms with Gasteiger partial charge in [-0.3, -0.25) is 4.79 Å². The molecule has 6 nitrogen and oxygen atoms in total. The summed E-state index contributed by atoms with van der Waals surface area (Å²) in [6, 6.07) is 7.39. The van der Waals surface area contributed by atoms with Crippen molar-refractivity contribution in [3.63, 3.8) is 0 Å². The van der Waals surface area contributed by atoms with Gasteiger partial charge in [-0.2, -0.15) is 0 Å². The number of hydrogen-bond acceptors (Lipinski definition) is 4. The molecule has 0 bridgehead atoms. The van der Waals surface area contributed by atoms with Crippen LogP contribution in [0.4, 0.5) is 0 Å². The van der Waals surface area contributed by atoms with Gasteiger partial charge in [-0.15, -0.1) is 0 Å². The fraction of sp³-hybridized carbons (Fsp3) is 0.450. The van der Waals surface area contributed by atoms with Crippen molar-refractivity contribution in [1.82, 2.24) is 9.88 Å². The highest BCUT2D eigenvalue weighted by Crippen LogP contribution is 2.39. The fourth-order valence-corrected chi connectivity index (χ4v) is 2.60. The average Bonchev–Trinajstić information content (AvgIpc) is 3.15. The van der Waals surface area contributed by atoms with E-state index >= 15 is 0 Å². The van der Waals surface area contributed by atoms with E-state index in [1.165, 1.54) is 0 Å². The van der Waals surface area contributed by atoms with E-state index in [0.29, 0.717) is 49.2 Å². The van der Waals surface area contributed by atoms with Crippen molar-refractivity contribution in [2.45, 2.75) is 33.7 Å². The summed E-state index contributed by atoms with van der Waals surface area (Å²) in [6.45, 7) is 8.60. The molecule has 142 valence electrons. The summed E-state index contributed by atoms with van der Waals surface area (Å²) in [4.78, 5) is 12.5. The Kier molecular flexibility index (Phi) is 7.86. The minimum absolute atomic E-state index is 0.150. The average molecular weight is 360 g/mol. The van der Waals surface area contributed by atoms with Gasteiger partial charge in [-0.25, -0.2) is 0 Å². The third kappa shape index (κ3) is 5.44. The Hall–Kier alpha value is -2.63. The number of nitrogens with one attached hydrogen (secondary N) is 1. The predicted octanol–water partition coefficient (Wildman–Crippen LogP) is 3.50. The minimum Gasteiger partial charge on any atom is -0.490 e. The standard InChI is InChI=1S/C20H28N2O4/c1-4-24-17-14-16(15-18(25-5-2)19(17)26-6-3)20(23)21-10-9-13-22-11-7-8-12-22/h7-8,11-12,14-15H,4-6,9-10,13H2,1-3H3,(H,21,23). The van der Waals surface area contributed by atoms with E-state index in [2.05, 4.69) is 9.88 Å². The molecule has 2 rings (SSSR count). The molecular weight excluding hydrogens is 332 g/mol. The first-order valence-electron chi connectivity index (χ1n) is 9.14. The van der Waals surface area contributed by atoms with Crippen LogP contribution in [0.2, 0.25) is 0 Å². The highest BCUT2D eigenvalue weighted by atomic mass is 16.5. The fourth-order valence-electron chi connectivity index (χ4n) is 2.60. The molecule has 0 saturated carbocycles. The second-order valence-corrected chi connectivity index (χ2v) is 5.63. The monoisotopic (exact) mass is 360 g/mol. The Labute approximate surface area is 155 Å². The van der Waals surface area contributed by atoms with Crippen molar-refractivity contribution >= 4 is 5.91 Å². The molecule has 0 unspecified atom stereocenters. The zero-order chi connectivity index (χ0) is 18.8. The Morgan fingerprint density at radius 3 is 2.08 bits per heavy atom. The molecule has 2 aromatic rings.